The van der Waals surface area contributed by atoms with Crippen LogP contribution in [-0.2, 0) is 4.79 Å². The van der Waals surface area contributed by atoms with E-state index >= 15 is 0 Å². The highest BCUT2D eigenvalue weighted by atomic mass is 32.2. The number of carbonyl (C=O) groups is 2. The third-order valence-electron chi connectivity index (χ3n) is 3.65. The third kappa shape index (κ3) is 4.00. The van der Waals surface area contributed by atoms with Crippen LogP contribution in [0.1, 0.15) is 31.1 Å². The molecule has 22 heavy (non-hydrogen) atoms. The van der Waals surface area contributed by atoms with Gasteiger partial charge in [0.1, 0.15) is 5.82 Å². The normalized spacial score (nSPS) is 18.4. The monoisotopic (exact) mass is 324 g/mol. The number of halogens is 1. The highest BCUT2D eigenvalue weighted by molar-refractivity contribution is 8.00. The minimum atomic E-state index is -0.541. The number of rotatable bonds is 3. The van der Waals surface area contributed by atoms with Crippen molar-refractivity contribution in [3.8, 4) is 0 Å². The second-order valence-electron chi connectivity index (χ2n) is 5.78. The minimum absolute atomic E-state index is 0.0464. The summed E-state index contributed by atoms with van der Waals surface area (Å²) in [5.41, 5.74) is 0.449. The van der Waals surface area contributed by atoms with Crippen LogP contribution in [0.2, 0.25) is 0 Å². The molecule has 1 saturated heterocycles. The molecule has 4 nitrogen and oxygen atoms in total. The first kappa shape index (κ1) is 16.8. The van der Waals surface area contributed by atoms with Gasteiger partial charge in [0.2, 0.25) is 5.91 Å². The Labute approximate surface area is 134 Å². The van der Waals surface area contributed by atoms with Crippen molar-refractivity contribution in [3.63, 3.8) is 0 Å². The lowest BCUT2D eigenvalue weighted by Gasteiger charge is -2.34. The minimum Gasteiger partial charge on any atom is -0.337 e. The predicted molar refractivity (Wildman–Crippen MR) is 87.7 cm³/mol. The average Bonchev–Trinajstić information content (AvgIpc) is 2.48. The smallest absolute Gasteiger partial charge is 0.253 e. The maximum absolute atomic E-state index is 13.7. The van der Waals surface area contributed by atoms with E-state index in [9.17, 15) is 14.0 Å². The summed E-state index contributed by atoms with van der Waals surface area (Å²) in [4.78, 5) is 25.5. The maximum atomic E-state index is 13.7. The second kappa shape index (κ2) is 7.13. The van der Waals surface area contributed by atoms with Gasteiger partial charge in [0.15, 0.2) is 0 Å². The first-order chi connectivity index (χ1) is 10.4. The molecule has 120 valence electrons. The van der Waals surface area contributed by atoms with E-state index in [4.69, 9.17) is 0 Å². The number of amides is 2. The number of hydrogen-bond acceptors (Lipinski definition) is 3. The molecule has 0 radical (unpaired) electrons. The van der Waals surface area contributed by atoms with Gasteiger partial charge >= 0.3 is 0 Å². The average molecular weight is 324 g/mol. The maximum Gasteiger partial charge on any atom is 0.253 e. The van der Waals surface area contributed by atoms with Gasteiger partial charge in [-0.2, -0.15) is 11.8 Å². The summed E-state index contributed by atoms with van der Waals surface area (Å²) >= 11 is 1.89. The molecule has 0 bridgehead atoms. The molecule has 2 rings (SSSR count). The molecule has 2 amide bonds. The van der Waals surface area contributed by atoms with E-state index in [1.165, 1.54) is 25.1 Å². The van der Waals surface area contributed by atoms with Crippen LogP contribution >= 0.6 is 11.8 Å². The Morgan fingerprint density at radius 1 is 1.41 bits per heavy atom. The van der Waals surface area contributed by atoms with Crippen LogP contribution in [0, 0.1) is 11.7 Å². The van der Waals surface area contributed by atoms with Crippen LogP contribution in [0.4, 0.5) is 10.1 Å². The first-order valence-electron chi connectivity index (χ1n) is 7.36. The van der Waals surface area contributed by atoms with E-state index in [1.807, 2.05) is 16.7 Å². The van der Waals surface area contributed by atoms with Crippen molar-refractivity contribution < 1.29 is 14.0 Å². The molecule has 1 aliphatic rings. The fraction of sp³-hybridized carbons (Fsp3) is 0.500. The third-order valence-corrected chi connectivity index (χ3v) is 5.19. The molecule has 0 aromatic heterocycles. The summed E-state index contributed by atoms with van der Waals surface area (Å²) in [7, 11) is 0. The van der Waals surface area contributed by atoms with Crippen LogP contribution in [0.5, 0.6) is 0 Å². The molecular formula is C16H21FN2O2S. The van der Waals surface area contributed by atoms with Crippen molar-refractivity contribution in [3.05, 3.63) is 29.6 Å². The number of anilines is 1. The summed E-state index contributed by atoms with van der Waals surface area (Å²) in [6.07, 6.45) is 0. The lowest BCUT2D eigenvalue weighted by Crippen LogP contribution is -2.43. The number of thioether (sulfide) groups is 1. The number of nitrogens with zero attached hydrogens (tertiary/aromatic N) is 1. The quantitative estimate of drug-likeness (QED) is 0.930. The molecule has 1 heterocycles. The van der Waals surface area contributed by atoms with Gasteiger partial charge in [-0.05, 0) is 24.1 Å². The zero-order valence-electron chi connectivity index (χ0n) is 13.1. The summed E-state index contributed by atoms with van der Waals surface area (Å²) < 4.78 is 13.7. The molecule has 1 unspecified atom stereocenters. The molecule has 0 aliphatic carbocycles. The van der Waals surface area contributed by atoms with E-state index in [2.05, 4.69) is 19.2 Å². The molecule has 1 atom stereocenters. The van der Waals surface area contributed by atoms with Crippen molar-refractivity contribution in [1.82, 2.24) is 4.90 Å². The summed E-state index contributed by atoms with van der Waals surface area (Å²) in [5.74, 6) is 0.397. The molecule has 1 aromatic carbocycles. The number of benzene rings is 1. The Morgan fingerprint density at radius 2 is 2.14 bits per heavy atom. The highest BCUT2D eigenvalue weighted by Crippen LogP contribution is 2.26. The van der Waals surface area contributed by atoms with Crippen LogP contribution in [-0.4, -0.2) is 40.8 Å². The zero-order chi connectivity index (χ0) is 16.3. The Balaban J connectivity index is 2.16. The van der Waals surface area contributed by atoms with Crippen molar-refractivity contribution in [1.29, 1.82) is 0 Å². The Bertz CT molecular complexity index is 577. The van der Waals surface area contributed by atoms with E-state index in [1.54, 1.807) is 0 Å². The first-order valence-corrected chi connectivity index (χ1v) is 8.41. The van der Waals surface area contributed by atoms with Crippen LogP contribution in [0.15, 0.2) is 18.2 Å². The van der Waals surface area contributed by atoms with Gasteiger partial charge in [-0.3, -0.25) is 9.59 Å². The fourth-order valence-corrected chi connectivity index (χ4v) is 3.69. The highest BCUT2D eigenvalue weighted by Gasteiger charge is 2.27. The number of hydrogen-bond donors (Lipinski definition) is 1. The van der Waals surface area contributed by atoms with Gasteiger partial charge in [-0.1, -0.05) is 13.8 Å². The van der Waals surface area contributed by atoms with Crippen LogP contribution < -0.4 is 5.32 Å². The van der Waals surface area contributed by atoms with Gasteiger partial charge in [-0.25, -0.2) is 4.39 Å². The Kier molecular flexibility index (Phi) is 5.45. The molecule has 1 fully saturated rings. The molecule has 0 spiro atoms. The van der Waals surface area contributed by atoms with Gasteiger partial charge in [0, 0.05) is 36.6 Å². The fourth-order valence-electron chi connectivity index (χ4n) is 2.39. The van der Waals surface area contributed by atoms with Gasteiger partial charge < -0.3 is 10.2 Å². The molecule has 1 aliphatic heterocycles. The van der Waals surface area contributed by atoms with E-state index in [0.717, 1.165) is 5.75 Å². The lowest BCUT2D eigenvalue weighted by molar-refractivity contribution is -0.114. The van der Waals surface area contributed by atoms with E-state index in [0.29, 0.717) is 29.8 Å². The molecule has 1 aromatic rings. The summed E-state index contributed by atoms with van der Waals surface area (Å²) in [5, 5.41) is 2.83. The summed E-state index contributed by atoms with van der Waals surface area (Å²) in [6, 6.07) is 4.09. The molecular weight excluding hydrogens is 303 g/mol. The van der Waals surface area contributed by atoms with Crippen molar-refractivity contribution in [2.75, 3.05) is 24.2 Å². The molecule has 6 heteroatoms. The number of carbonyl (C=O) groups excluding carboxylic acids is 2. The van der Waals surface area contributed by atoms with Gasteiger partial charge in [0.05, 0.1) is 5.69 Å². The van der Waals surface area contributed by atoms with Gasteiger partial charge in [-0.15, -0.1) is 0 Å². The Hall–Kier alpha value is -1.56. The lowest BCUT2D eigenvalue weighted by atomic mass is 10.1. The number of nitrogens with one attached hydrogen (secondary N) is 1. The SMILES string of the molecule is CC(=O)Nc1cc(C(=O)N2CCSC(C(C)C)C2)ccc1F. The van der Waals surface area contributed by atoms with Crippen LogP contribution in [0.25, 0.3) is 0 Å². The van der Waals surface area contributed by atoms with Gasteiger partial charge in [0.25, 0.3) is 5.91 Å². The van der Waals surface area contributed by atoms with Crippen molar-refractivity contribution >= 4 is 29.3 Å². The Morgan fingerprint density at radius 3 is 2.77 bits per heavy atom. The second-order valence-corrected chi connectivity index (χ2v) is 7.13. The van der Waals surface area contributed by atoms with E-state index in [-0.39, 0.29) is 17.5 Å². The van der Waals surface area contributed by atoms with Crippen molar-refractivity contribution in [2.45, 2.75) is 26.0 Å². The largest absolute Gasteiger partial charge is 0.337 e. The van der Waals surface area contributed by atoms with Crippen LogP contribution in [0.3, 0.4) is 0 Å². The molecule has 0 saturated carbocycles. The van der Waals surface area contributed by atoms with Crippen molar-refractivity contribution in [2.24, 2.45) is 5.92 Å². The predicted octanol–water partition coefficient (Wildman–Crippen LogP) is 3.00. The standard InChI is InChI=1S/C16H21FN2O2S/c1-10(2)15-9-19(6-7-22-15)16(21)12-4-5-13(17)14(8-12)18-11(3)20/h4-5,8,10,15H,6-7,9H2,1-3H3,(H,18,20). The summed E-state index contributed by atoms with van der Waals surface area (Å²) in [6.45, 7) is 7.01. The topological polar surface area (TPSA) is 49.4 Å². The van der Waals surface area contributed by atoms with E-state index < -0.39 is 5.82 Å². The zero-order valence-corrected chi connectivity index (χ0v) is 13.9. The molecule has 1 N–H and O–H groups in total.